The van der Waals surface area contributed by atoms with Crippen molar-refractivity contribution >= 4 is 28.6 Å². The number of nitrogens with zero attached hydrogens (tertiary/aromatic N) is 5. The number of rotatable bonds is 11. The van der Waals surface area contributed by atoms with E-state index in [2.05, 4.69) is 108 Å². The van der Waals surface area contributed by atoms with Crippen LogP contribution in [0.1, 0.15) is 80.7 Å². The van der Waals surface area contributed by atoms with E-state index in [-0.39, 0.29) is 28.4 Å². The van der Waals surface area contributed by atoms with Gasteiger partial charge in [0.05, 0.1) is 5.69 Å². The monoisotopic (exact) mass is 760 g/mol. The van der Waals surface area contributed by atoms with Crippen molar-refractivity contribution in [3.8, 4) is 5.69 Å². The minimum absolute atomic E-state index is 0.00290. The number of anilines is 1. The smallest absolute Gasteiger partial charge is 0.354 e. The summed E-state index contributed by atoms with van der Waals surface area (Å²) in [6, 6.07) is 26.4. The quantitative estimate of drug-likeness (QED) is 0.0677. The van der Waals surface area contributed by atoms with Crippen molar-refractivity contribution in [3.05, 3.63) is 123 Å². The largest absolute Gasteiger partial charge is 0.370 e. The molecule has 6 rings (SSSR count). The molecule has 7 N–H and O–H groups in total. The first-order valence-electron chi connectivity index (χ1n) is 19.5. The van der Waals surface area contributed by atoms with Gasteiger partial charge in [0.1, 0.15) is 5.65 Å². The van der Waals surface area contributed by atoms with E-state index in [1.807, 2.05) is 55.7 Å². The Morgan fingerprint density at radius 2 is 1.59 bits per heavy atom. The lowest BCUT2D eigenvalue weighted by Crippen LogP contribution is -2.43. The second-order valence-electron chi connectivity index (χ2n) is 16.5. The molecule has 0 saturated carbocycles. The van der Waals surface area contributed by atoms with E-state index in [0.717, 1.165) is 84.8 Å². The zero-order chi connectivity index (χ0) is 40.5. The molecular formula is C44H60N10O2. The van der Waals surface area contributed by atoms with E-state index in [4.69, 9.17) is 11.5 Å². The van der Waals surface area contributed by atoms with Gasteiger partial charge in [0, 0.05) is 86.8 Å². The SMILES string of the molecule is CC(C)(C)c1cc2cn(-c3ccc(CNCCCN=C(N)N)cc3)c(=O)nc2[nH]1.CN(Cc1ccccc1)C(=O)c1cc(N2CCNCC2)cc(C(C)(C)C)c1. The Bertz CT molecular complexity index is 2130. The summed E-state index contributed by atoms with van der Waals surface area (Å²) in [5.74, 6) is 0.194. The topological polar surface area (TPSA) is 163 Å². The molecule has 2 aromatic heterocycles. The van der Waals surface area contributed by atoms with Gasteiger partial charge in [-0.05, 0) is 71.5 Å². The molecule has 0 atom stereocenters. The van der Waals surface area contributed by atoms with Gasteiger partial charge in [-0.1, -0.05) is 84.0 Å². The number of H-pyrrole nitrogens is 1. The number of piperazine rings is 1. The molecule has 1 aliphatic heterocycles. The Morgan fingerprint density at radius 3 is 2.23 bits per heavy atom. The van der Waals surface area contributed by atoms with Gasteiger partial charge < -0.3 is 36.9 Å². The highest BCUT2D eigenvalue weighted by Gasteiger charge is 2.22. The fourth-order valence-electron chi connectivity index (χ4n) is 6.43. The first-order chi connectivity index (χ1) is 26.6. The number of nitrogens with one attached hydrogen (secondary N) is 3. The van der Waals surface area contributed by atoms with Gasteiger partial charge in [0.2, 0.25) is 0 Å². The van der Waals surface area contributed by atoms with Gasteiger partial charge in [-0.2, -0.15) is 4.98 Å². The zero-order valence-electron chi connectivity index (χ0n) is 34.2. The van der Waals surface area contributed by atoms with Gasteiger partial charge in [-0.25, -0.2) is 4.79 Å². The van der Waals surface area contributed by atoms with Gasteiger partial charge in [0.15, 0.2) is 5.96 Å². The molecule has 0 bridgehead atoms. The van der Waals surface area contributed by atoms with E-state index < -0.39 is 0 Å². The van der Waals surface area contributed by atoms with E-state index in [0.29, 0.717) is 18.7 Å². The van der Waals surface area contributed by atoms with E-state index >= 15 is 0 Å². The number of amides is 1. The standard InChI is InChI=1S/C23H31N3O.C21H29N7O/c1-23(2,3)20-14-19(15-21(16-20)26-12-10-24-11-13-26)22(27)25(4)17-18-8-6-5-7-9-18;1-21(2,3)17-11-15-13-28(20(29)27-18(15)26-17)16-7-5-14(6-8-16)12-24-9-4-10-25-19(22)23/h5-9,14-16,24H,10-13,17H2,1-4H3;5-8,11,13,24H,4,9-10,12H2,1-3H3,(H4,22,23,25)(H,26,27,29). The lowest BCUT2D eigenvalue weighted by Gasteiger charge is -2.32. The summed E-state index contributed by atoms with van der Waals surface area (Å²) in [6.07, 6.45) is 2.71. The molecule has 3 aromatic carbocycles. The lowest BCUT2D eigenvalue weighted by molar-refractivity contribution is 0.0785. The van der Waals surface area contributed by atoms with E-state index in [1.54, 1.807) is 9.47 Å². The van der Waals surface area contributed by atoms with Crippen molar-refractivity contribution in [2.24, 2.45) is 16.5 Å². The summed E-state index contributed by atoms with van der Waals surface area (Å²) in [6.45, 7) is 19.7. The summed E-state index contributed by atoms with van der Waals surface area (Å²) >= 11 is 0. The fourth-order valence-corrected chi connectivity index (χ4v) is 6.43. The van der Waals surface area contributed by atoms with E-state index in [9.17, 15) is 9.59 Å². The average molecular weight is 761 g/mol. The second kappa shape index (κ2) is 18.4. The molecule has 0 spiro atoms. The minimum atomic E-state index is -0.301. The van der Waals surface area contributed by atoms with E-state index in [1.165, 1.54) is 5.56 Å². The number of aromatic nitrogens is 3. The minimum Gasteiger partial charge on any atom is -0.370 e. The van der Waals surface area contributed by atoms with Gasteiger partial charge in [-0.3, -0.25) is 14.4 Å². The van der Waals surface area contributed by atoms with Gasteiger partial charge in [-0.15, -0.1) is 0 Å². The number of nitrogens with two attached hydrogens (primary N) is 2. The van der Waals surface area contributed by atoms with Crippen molar-refractivity contribution in [2.45, 2.75) is 71.9 Å². The number of guanidine groups is 1. The Hall–Kier alpha value is -5.46. The first kappa shape index (κ1) is 41.7. The zero-order valence-corrected chi connectivity index (χ0v) is 34.2. The Morgan fingerprint density at radius 1 is 0.893 bits per heavy atom. The maximum atomic E-state index is 13.2. The van der Waals surface area contributed by atoms with Gasteiger partial charge in [0.25, 0.3) is 5.91 Å². The van der Waals surface area contributed by atoms with Crippen LogP contribution in [0.25, 0.3) is 16.7 Å². The highest BCUT2D eigenvalue weighted by Crippen LogP contribution is 2.29. The fraction of sp³-hybridized carbons (Fsp3) is 0.409. The summed E-state index contributed by atoms with van der Waals surface area (Å²) < 4.78 is 1.58. The maximum absolute atomic E-state index is 13.2. The van der Waals surface area contributed by atoms with Crippen LogP contribution in [0.5, 0.6) is 0 Å². The van der Waals surface area contributed by atoms with Crippen molar-refractivity contribution in [1.29, 1.82) is 0 Å². The highest BCUT2D eigenvalue weighted by atomic mass is 16.2. The van der Waals surface area contributed by atoms with Crippen molar-refractivity contribution < 1.29 is 4.79 Å². The predicted octanol–water partition coefficient (Wildman–Crippen LogP) is 5.43. The summed E-state index contributed by atoms with van der Waals surface area (Å²) in [4.78, 5) is 41.2. The molecule has 1 amide bonds. The molecule has 3 heterocycles. The molecule has 56 heavy (non-hydrogen) atoms. The Labute approximate surface area is 331 Å². The number of carbonyl (C=O) groups excluding carboxylic acids is 1. The molecule has 5 aromatic rings. The van der Waals surface area contributed by atoms with Crippen LogP contribution in [0.3, 0.4) is 0 Å². The van der Waals surface area contributed by atoms with Gasteiger partial charge >= 0.3 is 5.69 Å². The molecule has 0 unspecified atom stereocenters. The third kappa shape index (κ3) is 11.5. The molecule has 1 fully saturated rings. The number of hydrogen-bond acceptors (Lipinski definition) is 7. The molecule has 1 saturated heterocycles. The van der Waals surface area contributed by atoms with Crippen molar-refractivity contribution in [1.82, 2.24) is 30.1 Å². The van der Waals surface area contributed by atoms with Crippen molar-refractivity contribution in [2.75, 3.05) is 51.2 Å². The highest BCUT2D eigenvalue weighted by molar-refractivity contribution is 5.95. The van der Waals surface area contributed by atoms with Crippen LogP contribution < -0.4 is 32.7 Å². The van der Waals surface area contributed by atoms with Crippen LogP contribution in [-0.2, 0) is 23.9 Å². The summed E-state index contributed by atoms with van der Waals surface area (Å²) in [7, 11) is 1.88. The number of aromatic amines is 1. The molecule has 0 radical (unpaired) electrons. The molecule has 1 aliphatic rings. The van der Waals surface area contributed by atoms with Crippen LogP contribution in [0, 0.1) is 0 Å². The third-order valence-electron chi connectivity index (χ3n) is 9.79. The van der Waals surface area contributed by atoms with Crippen molar-refractivity contribution in [3.63, 3.8) is 0 Å². The maximum Gasteiger partial charge on any atom is 0.354 e. The predicted molar refractivity (Wildman–Crippen MR) is 230 cm³/mol. The number of carbonyl (C=O) groups is 1. The summed E-state index contributed by atoms with van der Waals surface area (Å²) in [5.41, 5.74) is 18.1. The van der Waals surface area contributed by atoms with Crippen LogP contribution in [0.2, 0.25) is 0 Å². The molecule has 12 heteroatoms. The number of benzene rings is 3. The molecule has 298 valence electrons. The second-order valence-corrected chi connectivity index (χ2v) is 16.5. The lowest BCUT2D eigenvalue weighted by atomic mass is 9.85. The molecule has 12 nitrogen and oxygen atoms in total. The van der Waals surface area contributed by atoms with Crippen LogP contribution in [0.15, 0.2) is 94.8 Å². The Balaban J connectivity index is 0.000000215. The molecular weight excluding hydrogens is 701 g/mol. The number of fused-ring (bicyclic) bond motifs is 1. The summed E-state index contributed by atoms with van der Waals surface area (Å²) in [5, 5.41) is 7.66. The Kier molecular flexibility index (Phi) is 13.7. The number of aliphatic imine (C=N–C) groups is 1. The van der Waals surface area contributed by atoms with Crippen LogP contribution in [-0.4, -0.2) is 77.6 Å². The van der Waals surface area contributed by atoms with Crippen LogP contribution >= 0.6 is 0 Å². The van der Waals surface area contributed by atoms with Crippen LogP contribution in [0.4, 0.5) is 5.69 Å². The third-order valence-corrected chi connectivity index (χ3v) is 9.79. The average Bonchev–Trinajstić information content (AvgIpc) is 3.60. The normalized spacial score (nSPS) is 13.2. The number of hydrogen-bond donors (Lipinski definition) is 5. The molecule has 0 aliphatic carbocycles. The first-order valence-corrected chi connectivity index (χ1v) is 19.5.